The van der Waals surface area contributed by atoms with E-state index in [1.807, 2.05) is 0 Å². The van der Waals surface area contributed by atoms with Gasteiger partial charge in [-0.1, -0.05) is 0 Å². The summed E-state index contributed by atoms with van der Waals surface area (Å²) in [6.45, 7) is -1.17. The highest BCUT2D eigenvalue weighted by Crippen LogP contribution is 1.98. The molecule has 0 bridgehead atoms. The Morgan fingerprint density at radius 2 is 1.13 bits per heavy atom. The van der Waals surface area contributed by atoms with E-state index in [0.717, 1.165) is 0 Å². The summed E-state index contributed by atoms with van der Waals surface area (Å²) >= 11 is 0. The van der Waals surface area contributed by atoms with Crippen LogP contribution in [0.15, 0.2) is 0 Å². The Morgan fingerprint density at radius 1 is 0.733 bits per heavy atom. The quantitative estimate of drug-likeness (QED) is 0.266. The molecule has 6 N–H and O–H groups in total. The summed E-state index contributed by atoms with van der Waals surface area (Å²) in [7, 11) is 0. The maximum absolute atomic E-state index is 8.23. The molecule has 0 fully saturated rings. The van der Waals surface area contributed by atoms with Crippen molar-refractivity contribution in [3.05, 3.63) is 0 Å². The van der Waals surface area contributed by atoms with Crippen LogP contribution in [0.5, 0.6) is 0 Å². The molecule has 0 aliphatic carbocycles. The summed E-state index contributed by atoms with van der Waals surface area (Å²) in [5.41, 5.74) is 0. The predicted molar refractivity (Wildman–Crippen MR) is 33.0 cm³/mol. The second-order valence-corrected chi connectivity index (χ2v) is 2.08. The molecule has 92 valence electrons. The molecule has 0 aliphatic heterocycles. The van der Waals surface area contributed by atoms with Crippen molar-refractivity contribution >= 4 is 0 Å². The van der Waals surface area contributed by atoms with Gasteiger partial charge < -0.3 is 0 Å². The summed E-state index contributed by atoms with van der Waals surface area (Å²) < 4.78 is 0. The molecule has 0 rings (SSSR count). The highest BCUT2D eigenvalue weighted by atomic mass is 17.1. The van der Waals surface area contributed by atoms with Gasteiger partial charge in [-0.15, -0.1) is 0 Å². The van der Waals surface area contributed by atoms with Crippen molar-refractivity contribution in [3.63, 3.8) is 0 Å². The summed E-state index contributed by atoms with van der Waals surface area (Å²) in [5, 5.41) is 47.0. The Hall–Kier alpha value is -0.480. The fraction of sp³-hybridized carbons (Fsp3) is 1.00. The third-order valence-corrected chi connectivity index (χ3v) is 0.995. The van der Waals surface area contributed by atoms with Crippen molar-refractivity contribution in [2.45, 2.75) is 6.10 Å². The highest BCUT2D eigenvalue weighted by Gasteiger charge is 2.16. The van der Waals surface area contributed by atoms with Crippen molar-refractivity contribution in [1.29, 1.82) is 0 Å². The van der Waals surface area contributed by atoms with E-state index in [9.17, 15) is 0 Å². The van der Waals surface area contributed by atoms with Crippen molar-refractivity contribution < 1.29 is 45.8 Å². The molecule has 0 saturated carbocycles. The lowest BCUT2D eigenvalue weighted by Gasteiger charge is -2.19. The Balaban J connectivity index is 3.84. The normalized spacial score (nSPS) is 12.4. The number of hydrogen-bond acceptors (Lipinski definition) is 12. The summed E-state index contributed by atoms with van der Waals surface area (Å²) in [6, 6.07) is 0. The van der Waals surface area contributed by atoms with E-state index in [1.54, 1.807) is 0 Å². The topological polar surface area (TPSA) is 159 Å². The van der Waals surface area contributed by atoms with Gasteiger partial charge in [-0.25, -0.2) is 14.5 Å². The molecule has 12 heteroatoms. The Bertz CT molecular complexity index is 142. The first-order valence-corrected chi connectivity index (χ1v) is 3.38. The molecule has 12 nitrogen and oxygen atoms in total. The molecular formula is C3H11N3O9. The lowest BCUT2D eigenvalue weighted by Crippen LogP contribution is -2.36. The van der Waals surface area contributed by atoms with Gasteiger partial charge in [-0.05, 0) is 0 Å². The minimum Gasteiger partial charge on any atom is -0.266 e. The molecule has 0 heterocycles. The van der Waals surface area contributed by atoms with Crippen molar-refractivity contribution in [3.8, 4) is 0 Å². The molecule has 0 aromatic carbocycles. The molecule has 0 unspecified atom stereocenters. The van der Waals surface area contributed by atoms with E-state index >= 15 is 0 Å². The number of nitrogens with zero attached hydrogens (tertiary/aromatic N) is 3. The fourth-order valence-electron chi connectivity index (χ4n) is 0.542. The van der Waals surface area contributed by atoms with E-state index < -0.39 is 35.5 Å². The molecular weight excluding hydrogens is 222 g/mol. The van der Waals surface area contributed by atoms with Crippen molar-refractivity contribution in [1.82, 2.24) is 16.2 Å². The molecule has 15 heavy (non-hydrogen) atoms. The molecule has 0 radical (unpaired) electrons. The van der Waals surface area contributed by atoms with E-state index in [2.05, 4.69) is 14.5 Å². The van der Waals surface area contributed by atoms with Crippen LogP contribution < -0.4 is 0 Å². The summed E-state index contributed by atoms with van der Waals surface area (Å²) in [6.07, 6.45) is -1.26. The summed E-state index contributed by atoms with van der Waals surface area (Å²) in [4.78, 5) is 12.2. The van der Waals surface area contributed by atoms with Gasteiger partial charge in [0.05, 0.1) is 16.2 Å². The zero-order chi connectivity index (χ0) is 11.8. The first-order chi connectivity index (χ1) is 6.91. The highest BCUT2D eigenvalue weighted by molar-refractivity contribution is 4.50. The third-order valence-electron chi connectivity index (χ3n) is 0.995. The number of hydrogen-bond donors (Lipinski definition) is 6. The van der Waals surface area contributed by atoms with E-state index in [1.165, 1.54) is 0 Å². The maximum Gasteiger partial charge on any atom is 0.135 e. The Labute approximate surface area is 82.4 Å². The average molecular weight is 233 g/mol. The molecule has 0 aromatic rings. The zero-order valence-electron chi connectivity index (χ0n) is 7.24. The minimum atomic E-state index is -1.26. The Morgan fingerprint density at radius 3 is 1.40 bits per heavy atom. The number of rotatable bonds is 8. The molecule has 0 spiro atoms. The standard InChI is InChI=1S/C3H11N3O9/c7-4(8)13-1-3(15-6(11)12)2-14-5(9)10/h3,7-12H,1-2H2. The second-order valence-electron chi connectivity index (χ2n) is 2.08. The lowest BCUT2D eigenvalue weighted by atomic mass is 10.4. The Kier molecular flexibility index (Phi) is 7.52. The molecule has 0 atom stereocenters. The third kappa shape index (κ3) is 9.82. The van der Waals surface area contributed by atoms with Crippen molar-refractivity contribution in [2.24, 2.45) is 0 Å². The monoisotopic (exact) mass is 233 g/mol. The second kappa shape index (κ2) is 7.77. The van der Waals surface area contributed by atoms with Crippen LogP contribution >= 0.6 is 0 Å². The van der Waals surface area contributed by atoms with E-state index in [-0.39, 0.29) is 0 Å². The minimum absolute atomic E-state index is 0.585. The lowest BCUT2D eigenvalue weighted by molar-refractivity contribution is -0.541. The van der Waals surface area contributed by atoms with Crippen LogP contribution in [0.3, 0.4) is 0 Å². The van der Waals surface area contributed by atoms with Gasteiger partial charge in [0.1, 0.15) is 19.3 Å². The molecule has 0 aliphatic rings. The molecule has 0 aromatic heterocycles. The van der Waals surface area contributed by atoms with Crippen LogP contribution in [0.1, 0.15) is 0 Å². The van der Waals surface area contributed by atoms with Gasteiger partial charge in [0.25, 0.3) is 0 Å². The van der Waals surface area contributed by atoms with Crippen LogP contribution in [0.2, 0.25) is 0 Å². The molecule has 0 amide bonds. The van der Waals surface area contributed by atoms with Crippen LogP contribution in [0.25, 0.3) is 0 Å². The smallest absolute Gasteiger partial charge is 0.135 e. The van der Waals surface area contributed by atoms with Crippen LogP contribution in [-0.2, 0) is 14.5 Å². The largest absolute Gasteiger partial charge is 0.266 e. The summed E-state index contributed by atoms with van der Waals surface area (Å²) in [5.74, 6) is 0. The van der Waals surface area contributed by atoms with Gasteiger partial charge in [-0.3, -0.25) is 31.2 Å². The van der Waals surface area contributed by atoms with Crippen LogP contribution in [-0.4, -0.2) is 66.7 Å². The van der Waals surface area contributed by atoms with E-state index in [4.69, 9.17) is 31.2 Å². The molecule has 0 saturated heterocycles. The van der Waals surface area contributed by atoms with Gasteiger partial charge in [0, 0.05) is 0 Å². The van der Waals surface area contributed by atoms with Gasteiger partial charge in [-0.2, -0.15) is 0 Å². The first-order valence-electron chi connectivity index (χ1n) is 3.38. The van der Waals surface area contributed by atoms with Gasteiger partial charge in [0.15, 0.2) is 0 Å². The van der Waals surface area contributed by atoms with Crippen LogP contribution in [0, 0.1) is 0 Å². The first kappa shape index (κ1) is 14.5. The van der Waals surface area contributed by atoms with Crippen molar-refractivity contribution in [2.75, 3.05) is 13.2 Å². The fourth-order valence-corrected chi connectivity index (χ4v) is 0.542. The van der Waals surface area contributed by atoms with E-state index in [0.29, 0.717) is 0 Å². The zero-order valence-corrected chi connectivity index (χ0v) is 7.24. The average Bonchev–Trinajstić information content (AvgIpc) is 2.08. The van der Waals surface area contributed by atoms with Crippen LogP contribution in [0.4, 0.5) is 0 Å². The predicted octanol–water partition coefficient (Wildman–Crippen LogP) is -1.61. The van der Waals surface area contributed by atoms with Gasteiger partial charge >= 0.3 is 0 Å². The van der Waals surface area contributed by atoms with Gasteiger partial charge in [0.2, 0.25) is 0 Å². The SMILES string of the molecule is ON(O)OCC(CON(O)O)ON(O)O. The maximum atomic E-state index is 8.23.